The highest BCUT2D eigenvalue weighted by Crippen LogP contribution is 2.35. The van der Waals surface area contributed by atoms with Gasteiger partial charge in [0, 0.05) is 22.7 Å². The second kappa shape index (κ2) is 11.6. The van der Waals surface area contributed by atoms with Crippen LogP contribution in [0.3, 0.4) is 0 Å². The Morgan fingerprint density at radius 3 is 2.12 bits per heavy atom. The highest BCUT2D eigenvalue weighted by atomic mass is 127. The maximum Gasteiger partial charge on any atom is 0.303 e. The third kappa shape index (κ3) is 7.65. The molecule has 0 fully saturated rings. The molecule has 0 aliphatic carbocycles. The van der Waals surface area contributed by atoms with E-state index in [0.717, 1.165) is 0 Å². The first-order valence-corrected chi connectivity index (χ1v) is 9.52. The predicted octanol–water partition coefficient (Wildman–Crippen LogP) is 3.76. The van der Waals surface area contributed by atoms with Crippen molar-refractivity contribution in [3.63, 3.8) is 0 Å². The molecule has 0 heterocycles. The highest BCUT2D eigenvalue weighted by Gasteiger charge is 2.23. The second-order valence-electron chi connectivity index (χ2n) is 5.35. The molecule has 0 saturated heterocycles. The van der Waals surface area contributed by atoms with Gasteiger partial charge in [-0.25, -0.2) is 0 Å². The van der Waals surface area contributed by atoms with Crippen LogP contribution in [0.25, 0.3) is 0 Å². The van der Waals surface area contributed by atoms with Gasteiger partial charge in [0.1, 0.15) is 12.4 Å². The van der Waals surface area contributed by atoms with Gasteiger partial charge in [-0.15, -0.1) is 0 Å². The molecule has 1 aromatic carbocycles. The Balaban J connectivity index is 3.05. The van der Waals surface area contributed by atoms with Crippen LogP contribution in [-0.2, 0) is 19.1 Å². The van der Waals surface area contributed by atoms with Gasteiger partial charge in [-0.1, -0.05) is 11.6 Å². The number of hydrogen-bond donors (Lipinski definition) is 2. The molecule has 146 valence electrons. The van der Waals surface area contributed by atoms with Crippen LogP contribution >= 0.6 is 34.2 Å². The lowest BCUT2D eigenvalue weighted by molar-refractivity contribution is -0.152. The second-order valence-corrected chi connectivity index (χ2v) is 6.92. The minimum atomic E-state index is -1.07. The van der Waals surface area contributed by atoms with Crippen LogP contribution in [0.15, 0.2) is 12.1 Å². The number of halogens is 2. The van der Waals surface area contributed by atoms with Crippen LogP contribution < -0.4 is 4.74 Å². The maximum atomic E-state index is 11.1. The fourth-order valence-corrected chi connectivity index (χ4v) is 3.67. The van der Waals surface area contributed by atoms with E-state index in [4.69, 9.17) is 36.0 Å². The lowest BCUT2D eigenvalue weighted by Gasteiger charge is -2.20. The molecule has 1 rings (SSSR count). The summed E-state index contributed by atoms with van der Waals surface area (Å²) in [5.74, 6) is -2.51. The standard InChI is InChI=1S/C17H22ClIO7/c1-3-24-17(25-4-2)9-26-14-7-11(13(19)8-12(14)18)10(5-15(20)21)6-16(22)23/h7-8,10,17H,3-6,9H2,1-2H3,(H,20,21)(H,22,23). The van der Waals surface area contributed by atoms with E-state index in [1.165, 1.54) is 0 Å². The van der Waals surface area contributed by atoms with Gasteiger partial charge >= 0.3 is 11.9 Å². The Morgan fingerprint density at radius 1 is 1.12 bits per heavy atom. The summed E-state index contributed by atoms with van der Waals surface area (Å²) in [5.41, 5.74) is 0.569. The fourth-order valence-electron chi connectivity index (χ4n) is 2.36. The number of rotatable bonds is 12. The molecule has 0 bridgehead atoms. The molecule has 0 radical (unpaired) electrons. The van der Waals surface area contributed by atoms with Gasteiger partial charge in [0.15, 0.2) is 6.29 Å². The van der Waals surface area contributed by atoms with Crippen LogP contribution in [0, 0.1) is 3.57 Å². The first kappa shape index (κ1) is 22.9. The van der Waals surface area contributed by atoms with E-state index in [-0.39, 0.29) is 19.4 Å². The molecule has 7 nitrogen and oxygen atoms in total. The van der Waals surface area contributed by atoms with Gasteiger partial charge in [0.25, 0.3) is 0 Å². The summed E-state index contributed by atoms with van der Waals surface area (Å²) < 4.78 is 17.2. The molecular formula is C17H22ClIO7. The first-order valence-electron chi connectivity index (χ1n) is 8.06. The Morgan fingerprint density at radius 2 is 1.65 bits per heavy atom. The van der Waals surface area contributed by atoms with Gasteiger partial charge in [0.2, 0.25) is 0 Å². The van der Waals surface area contributed by atoms with Crippen molar-refractivity contribution in [3.05, 3.63) is 26.3 Å². The van der Waals surface area contributed by atoms with E-state index >= 15 is 0 Å². The average molecular weight is 501 g/mol. The fraction of sp³-hybridized carbons (Fsp3) is 0.529. The SMILES string of the molecule is CCOC(COc1cc(C(CC(=O)O)CC(=O)O)c(I)cc1Cl)OCC. The number of carboxylic acids is 2. The molecule has 0 aromatic heterocycles. The minimum Gasteiger partial charge on any atom is -0.487 e. The summed E-state index contributed by atoms with van der Waals surface area (Å²) in [5, 5.41) is 18.5. The van der Waals surface area contributed by atoms with Gasteiger partial charge in [-0.05, 0) is 54.1 Å². The molecule has 9 heteroatoms. The number of ether oxygens (including phenoxy) is 3. The van der Waals surface area contributed by atoms with Crippen LogP contribution in [0.5, 0.6) is 5.75 Å². The number of hydrogen-bond acceptors (Lipinski definition) is 5. The van der Waals surface area contributed by atoms with E-state index in [9.17, 15) is 9.59 Å². The zero-order chi connectivity index (χ0) is 19.7. The van der Waals surface area contributed by atoms with Gasteiger partial charge in [-0.3, -0.25) is 9.59 Å². The van der Waals surface area contributed by atoms with E-state index in [0.29, 0.717) is 33.1 Å². The molecule has 0 saturated carbocycles. The van der Waals surface area contributed by atoms with Crippen molar-refractivity contribution in [1.29, 1.82) is 0 Å². The summed E-state index contributed by atoms with van der Waals surface area (Å²) in [7, 11) is 0. The smallest absolute Gasteiger partial charge is 0.303 e. The minimum absolute atomic E-state index is 0.101. The molecule has 0 amide bonds. The Labute approximate surface area is 170 Å². The highest BCUT2D eigenvalue weighted by molar-refractivity contribution is 14.1. The lowest BCUT2D eigenvalue weighted by Crippen LogP contribution is -2.25. The molecule has 0 atom stereocenters. The molecule has 26 heavy (non-hydrogen) atoms. The van der Waals surface area contributed by atoms with Gasteiger partial charge < -0.3 is 24.4 Å². The van der Waals surface area contributed by atoms with E-state index in [1.54, 1.807) is 12.1 Å². The summed E-state index contributed by atoms with van der Waals surface area (Å²) in [6.45, 7) is 4.69. The third-order valence-electron chi connectivity index (χ3n) is 3.41. The molecule has 0 spiro atoms. The first-order chi connectivity index (χ1) is 12.3. The summed E-state index contributed by atoms with van der Waals surface area (Å²) >= 11 is 8.22. The predicted molar refractivity (Wildman–Crippen MR) is 104 cm³/mol. The quantitative estimate of drug-likeness (QED) is 0.333. The third-order valence-corrected chi connectivity index (χ3v) is 4.64. The van der Waals surface area contributed by atoms with Crippen LogP contribution in [0.2, 0.25) is 5.02 Å². The largest absolute Gasteiger partial charge is 0.487 e. The average Bonchev–Trinajstić information content (AvgIpc) is 2.52. The van der Waals surface area contributed by atoms with Crippen molar-refractivity contribution in [2.24, 2.45) is 0 Å². The van der Waals surface area contributed by atoms with E-state index in [2.05, 4.69) is 0 Å². The Bertz CT molecular complexity index is 601. The van der Waals surface area contributed by atoms with Crippen molar-refractivity contribution >= 4 is 46.1 Å². The summed E-state index contributed by atoms with van der Waals surface area (Å²) in [6.07, 6.45) is -1.16. The van der Waals surface area contributed by atoms with Gasteiger partial charge in [0.05, 0.1) is 17.9 Å². The number of carbonyl (C=O) groups is 2. The van der Waals surface area contributed by atoms with Crippen LogP contribution in [-0.4, -0.2) is 48.3 Å². The van der Waals surface area contributed by atoms with E-state index in [1.807, 2.05) is 36.4 Å². The summed E-state index contributed by atoms with van der Waals surface area (Å²) in [6, 6.07) is 3.22. The Kier molecular flexibility index (Phi) is 10.2. The van der Waals surface area contributed by atoms with Crippen molar-refractivity contribution < 1.29 is 34.0 Å². The maximum absolute atomic E-state index is 11.1. The molecule has 0 aliphatic heterocycles. The van der Waals surface area contributed by atoms with Gasteiger partial charge in [-0.2, -0.15) is 0 Å². The zero-order valence-corrected chi connectivity index (χ0v) is 17.4. The van der Waals surface area contributed by atoms with Crippen LogP contribution in [0.1, 0.15) is 38.2 Å². The van der Waals surface area contributed by atoms with Crippen molar-refractivity contribution in [2.75, 3.05) is 19.8 Å². The number of carboxylic acid groups (broad SMARTS) is 2. The number of aliphatic carboxylic acids is 2. The molecular weight excluding hydrogens is 479 g/mol. The van der Waals surface area contributed by atoms with Crippen molar-refractivity contribution in [1.82, 2.24) is 0 Å². The van der Waals surface area contributed by atoms with E-state index < -0.39 is 24.1 Å². The molecule has 0 unspecified atom stereocenters. The molecule has 2 N–H and O–H groups in total. The molecule has 0 aliphatic rings. The van der Waals surface area contributed by atoms with Crippen LogP contribution in [0.4, 0.5) is 0 Å². The number of benzene rings is 1. The van der Waals surface area contributed by atoms with Crippen molar-refractivity contribution in [3.8, 4) is 5.75 Å². The normalized spacial score (nSPS) is 11.2. The molecule has 1 aromatic rings. The lowest BCUT2D eigenvalue weighted by atomic mass is 9.92. The monoisotopic (exact) mass is 500 g/mol. The zero-order valence-electron chi connectivity index (χ0n) is 14.5. The van der Waals surface area contributed by atoms with Crippen molar-refractivity contribution in [2.45, 2.75) is 38.9 Å². The Hall–Kier alpha value is -1.10. The topological polar surface area (TPSA) is 102 Å². The summed E-state index contributed by atoms with van der Waals surface area (Å²) in [4.78, 5) is 22.2.